The lowest BCUT2D eigenvalue weighted by atomic mass is 10.0. The van der Waals surface area contributed by atoms with Crippen molar-refractivity contribution < 1.29 is 34.3 Å². The number of halogens is 1. The molecule has 1 fully saturated rings. The van der Waals surface area contributed by atoms with Crippen LogP contribution >= 0.6 is 0 Å². The fraction of sp³-hybridized carbons (Fsp3) is 0.833. The Morgan fingerprint density at radius 3 is 2.23 bits per heavy atom. The van der Waals surface area contributed by atoms with Gasteiger partial charge in [0.2, 0.25) is 0 Å². The molecule has 1 heterocycles. The van der Waals surface area contributed by atoms with E-state index in [-0.39, 0.29) is 0 Å². The molecule has 1 saturated heterocycles. The van der Waals surface area contributed by atoms with E-state index in [0.717, 1.165) is 0 Å². The molecule has 13 heavy (non-hydrogen) atoms. The van der Waals surface area contributed by atoms with Gasteiger partial charge in [-0.05, 0) is 0 Å². The fourth-order valence-corrected chi connectivity index (χ4v) is 1.04. The summed E-state index contributed by atoms with van der Waals surface area (Å²) in [4.78, 5) is 10.3. The molecule has 0 unspecified atom stereocenters. The molecule has 0 spiro atoms. The highest BCUT2D eigenvalue weighted by molar-refractivity contribution is 5.73. The first-order chi connectivity index (χ1) is 5.95. The van der Waals surface area contributed by atoms with E-state index in [1.165, 1.54) is 0 Å². The Morgan fingerprint density at radius 2 is 1.77 bits per heavy atom. The largest absolute Gasteiger partial charge is 0.479 e. The molecule has 1 rings (SSSR count). The van der Waals surface area contributed by atoms with E-state index in [4.69, 9.17) is 20.4 Å². The zero-order valence-electron chi connectivity index (χ0n) is 6.37. The maximum absolute atomic E-state index is 12.9. The van der Waals surface area contributed by atoms with Gasteiger partial charge in [-0.25, -0.2) is 9.18 Å². The molecule has 0 saturated carbocycles. The van der Waals surface area contributed by atoms with Crippen molar-refractivity contribution in [3.63, 3.8) is 0 Å². The maximum Gasteiger partial charge on any atom is 0.336 e. The van der Waals surface area contributed by atoms with Gasteiger partial charge < -0.3 is 25.2 Å². The molecule has 0 bridgehead atoms. The van der Waals surface area contributed by atoms with Crippen molar-refractivity contribution in [3.05, 3.63) is 0 Å². The third-order valence-electron chi connectivity index (χ3n) is 1.79. The molecular formula is C6H9FO6. The van der Waals surface area contributed by atoms with Gasteiger partial charge in [-0.15, -0.1) is 0 Å². The van der Waals surface area contributed by atoms with Gasteiger partial charge in [-0.1, -0.05) is 0 Å². The van der Waals surface area contributed by atoms with E-state index in [2.05, 4.69) is 4.74 Å². The second-order valence-electron chi connectivity index (χ2n) is 2.71. The Bertz CT molecular complexity index is 209. The van der Waals surface area contributed by atoms with Gasteiger partial charge in [0.1, 0.15) is 12.2 Å². The number of aliphatic carboxylic acids is 1. The zero-order chi connectivity index (χ0) is 10.2. The van der Waals surface area contributed by atoms with Crippen LogP contribution in [0.3, 0.4) is 0 Å². The minimum atomic E-state index is -2.25. The average Bonchev–Trinajstić information content (AvgIpc) is 2.07. The third kappa shape index (κ3) is 1.78. The van der Waals surface area contributed by atoms with E-state index in [0.29, 0.717) is 0 Å². The maximum atomic E-state index is 12.9. The number of alkyl halides is 1. The lowest BCUT2D eigenvalue weighted by molar-refractivity contribution is -0.269. The average molecular weight is 196 g/mol. The molecule has 0 aliphatic carbocycles. The fourth-order valence-electron chi connectivity index (χ4n) is 1.04. The molecule has 1 aliphatic heterocycles. The molecule has 1 aliphatic rings. The summed E-state index contributed by atoms with van der Waals surface area (Å²) in [7, 11) is 0. The molecule has 0 radical (unpaired) electrons. The van der Waals surface area contributed by atoms with Gasteiger partial charge in [0.15, 0.2) is 18.6 Å². The van der Waals surface area contributed by atoms with E-state index < -0.39 is 36.7 Å². The van der Waals surface area contributed by atoms with E-state index in [1.807, 2.05) is 0 Å². The van der Waals surface area contributed by atoms with Crippen LogP contribution < -0.4 is 0 Å². The highest BCUT2D eigenvalue weighted by Gasteiger charge is 2.47. The van der Waals surface area contributed by atoms with E-state index >= 15 is 0 Å². The number of carbonyl (C=O) groups is 1. The van der Waals surface area contributed by atoms with Crippen molar-refractivity contribution in [3.8, 4) is 0 Å². The summed E-state index contributed by atoms with van der Waals surface area (Å²) in [6.45, 7) is 0. The Morgan fingerprint density at radius 1 is 1.23 bits per heavy atom. The number of aliphatic hydroxyl groups excluding tert-OH is 3. The monoisotopic (exact) mass is 196 g/mol. The second-order valence-corrected chi connectivity index (χ2v) is 2.71. The van der Waals surface area contributed by atoms with E-state index in [1.54, 1.807) is 0 Å². The number of carboxylic acids is 1. The van der Waals surface area contributed by atoms with Crippen LogP contribution in [-0.2, 0) is 9.53 Å². The van der Waals surface area contributed by atoms with Gasteiger partial charge >= 0.3 is 5.97 Å². The molecule has 0 aromatic rings. The van der Waals surface area contributed by atoms with Crippen LogP contribution in [0.25, 0.3) is 0 Å². The van der Waals surface area contributed by atoms with Crippen LogP contribution in [-0.4, -0.2) is 57.2 Å². The zero-order valence-corrected chi connectivity index (χ0v) is 6.37. The summed E-state index contributed by atoms with van der Waals surface area (Å²) in [5.41, 5.74) is 0. The number of hydrogen-bond acceptors (Lipinski definition) is 5. The van der Waals surface area contributed by atoms with Crippen molar-refractivity contribution >= 4 is 5.97 Å². The summed E-state index contributed by atoms with van der Waals surface area (Å²) < 4.78 is 17.1. The van der Waals surface area contributed by atoms with Crippen LogP contribution in [0.4, 0.5) is 4.39 Å². The number of aliphatic hydroxyl groups is 3. The molecular weight excluding hydrogens is 187 g/mol. The highest BCUT2D eigenvalue weighted by Crippen LogP contribution is 2.22. The topological polar surface area (TPSA) is 107 Å². The van der Waals surface area contributed by atoms with Gasteiger partial charge in [0.05, 0.1) is 0 Å². The Hall–Kier alpha value is -0.760. The first kappa shape index (κ1) is 10.3. The van der Waals surface area contributed by atoms with Crippen LogP contribution in [0.2, 0.25) is 0 Å². The SMILES string of the molecule is O=C(O)[C@H]1O[C@@H](O)[C@H](O)[C@@H](O)[C@@H]1F. The van der Waals surface area contributed by atoms with Crippen LogP contribution in [0.5, 0.6) is 0 Å². The Balaban J connectivity index is 2.76. The summed E-state index contributed by atoms with van der Waals surface area (Å²) in [5, 5.41) is 35.0. The third-order valence-corrected chi connectivity index (χ3v) is 1.79. The predicted molar refractivity (Wildman–Crippen MR) is 35.4 cm³/mol. The Labute approximate surface area is 72.2 Å². The highest BCUT2D eigenvalue weighted by atomic mass is 19.1. The van der Waals surface area contributed by atoms with Gasteiger partial charge in [-0.3, -0.25) is 0 Å². The van der Waals surface area contributed by atoms with E-state index in [9.17, 15) is 9.18 Å². The second kappa shape index (κ2) is 3.54. The smallest absolute Gasteiger partial charge is 0.336 e. The normalized spacial score (nSPS) is 46.0. The molecule has 5 atom stereocenters. The van der Waals surface area contributed by atoms with Crippen LogP contribution in [0, 0.1) is 0 Å². The molecule has 7 heteroatoms. The van der Waals surface area contributed by atoms with Crippen LogP contribution in [0.15, 0.2) is 0 Å². The predicted octanol–water partition coefficient (Wildman–Crippen LogP) is -2.15. The number of carboxylic acid groups (broad SMARTS) is 1. The number of hydrogen-bond donors (Lipinski definition) is 4. The van der Waals surface area contributed by atoms with Crippen molar-refractivity contribution in [2.75, 3.05) is 0 Å². The first-order valence-corrected chi connectivity index (χ1v) is 3.51. The summed E-state index contributed by atoms with van der Waals surface area (Å²) in [6.07, 6.45) is -9.87. The lowest BCUT2D eigenvalue weighted by Gasteiger charge is -2.34. The summed E-state index contributed by atoms with van der Waals surface area (Å²) in [6, 6.07) is 0. The minimum absolute atomic E-state index is 1.64. The molecule has 6 nitrogen and oxygen atoms in total. The van der Waals surface area contributed by atoms with Crippen molar-refractivity contribution in [2.24, 2.45) is 0 Å². The molecule has 0 aromatic carbocycles. The minimum Gasteiger partial charge on any atom is -0.479 e. The molecule has 0 aromatic heterocycles. The van der Waals surface area contributed by atoms with Gasteiger partial charge in [0, 0.05) is 0 Å². The summed E-state index contributed by atoms with van der Waals surface area (Å²) in [5.74, 6) is -1.64. The van der Waals surface area contributed by atoms with Crippen LogP contribution in [0.1, 0.15) is 0 Å². The number of rotatable bonds is 1. The van der Waals surface area contributed by atoms with Crippen molar-refractivity contribution in [1.29, 1.82) is 0 Å². The quantitative estimate of drug-likeness (QED) is 0.381. The van der Waals surface area contributed by atoms with Gasteiger partial charge in [0.25, 0.3) is 0 Å². The Kier molecular flexibility index (Phi) is 2.81. The number of ether oxygens (including phenoxy) is 1. The molecule has 0 amide bonds. The summed E-state index contributed by atoms with van der Waals surface area (Å²) >= 11 is 0. The lowest BCUT2D eigenvalue weighted by Crippen LogP contribution is -2.58. The first-order valence-electron chi connectivity index (χ1n) is 3.51. The van der Waals surface area contributed by atoms with Gasteiger partial charge in [-0.2, -0.15) is 0 Å². The molecule has 4 N–H and O–H groups in total. The van der Waals surface area contributed by atoms with Crippen molar-refractivity contribution in [2.45, 2.75) is 30.8 Å². The standard InChI is InChI=1S/C6H9FO6/c7-1-2(8)3(9)6(12)13-4(1)5(10)11/h1-4,6,8-9,12H,(H,10,11)/t1-,2-,3+,4-,6+/m0/s1. The van der Waals surface area contributed by atoms with Crippen molar-refractivity contribution in [1.82, 2.24) is 0 Å². The molecule has 76 valence electrons.